The lowest BCUT2D eigenvalue weighted by Gasteiger charge is -2.07. The lowest BCUT2D eigenvalue weighted by atomic mass is 10.1. The number of rotatable bonds is 4. The van der Waals surface area contributed by atoms with Gasteiger partial charge in [-0.15, -0.1) is 11.3 Å². The molecule has 28 heavy (non-hydrogen) atoms. The van der Waals surface area contributed by atoms with E-state index in [1.165, 1.54) is 11.3 Å². The van der Waals surface area contributed by atoms with Crippen LogP contribution in [0.25, 0.3) is 22.0 Å². The fourth-order valence-electron chi connectivity index (χ4n) is 2.64. The molecule has 1 amide bonds. The van der Waals surface area contributed by atoms with E-state index in [1.807, 2.05) is 29.6 Å². The zero-order valence-electron chi connectivity index (χ0n) is 14.4. The molecule has 138 valence electrons. The van der Waals surface area contributed by atoms with Crippen LogP contribution in [0.3, 0.4) is 0 Å². The summed E-state index contributed by atoms with van der Waals surface area (Å²) in [5.74, 6) is -2.29. The fraction of sp³-hybridized carbons (Fsp3) is 0. The highest BCUT2D eigenvalue weighted by atomic mass is 32.1. The van der Waals surface area contributed by atoms with Crippen LogP contribution in [0.4, 0.5) is 14.5 Å². The summed E-state index contributed by atoms with van der Waals surface area (Å²) >= 11 is 1.47. The zero-order valence-corrected chi connectivity index (χ0v) is 15.2. The van der Waals surface area contributed by atoms with Crippen molar-refractivity contribution in [3.63, 3.8) is 0 Å². The number of hydrogen-bond donors (Lipinski definition) is 1. The molecule has 0 saturated heterocycles. The van der Waals surface area contributed by atoms with Crippen molar-refractivity contribution in [2.75, 3.05) is 5.32 Å². The van der Waals surface area contributed by atoms with Gasteiger partial charge in [-0.3, -0.25) is 9.78 Å². The van der Waals surface area contributed by atoms with Gasteiger partial charge in [-0.05, 0) is 36.4 Å². The lowest BCUT2D eigenvalue weighted by Crippen LogP contribution is -2.13. The van der Waals surface area contributed by atoms with E-state index in [1.54, 1.807) is 24.4 Å². The second kappa shape index (κ2) is 7.66. The average molecular weight is 393 g/mol. The quantitative estimate of drug-likeness (QED) is 0.505. The molecule has 0 aliphatic heterocycles. The van der Waals surface area contributed by atoms with Crippen molar-refractivity contribution >= 4 is 22.9 Å². The van der Waals surface area contributed by atoms with E-state index in [4.69, 9.17) is 0 Å². The smallest absolute Gasteiger partial charge is 0.258 e. The molecule has 2 aromatic heterocycles. The van der Waals surface area contributed by atoms with Crippen molar-refractivity contribution in [3.05, 3.63) is 89.4 Å². The molecule has 4 rings (SSSR count). The first-order valence-electron chi connectivity index (χ1n) is 8.34. The van der Waals surface area contributed by atoms with Gasteiger partial charge in [0.2, 0.25) is 0 Å². The molecule has 2 aromatic carbocycles. The summed E-state index contributed by atoms with van der Waals surface area (Å²) in [6.07, 6.45) is 1.71. The number of nitrogens with one attached hydrogen (secondary N) is 1. The van der Waals surface area contributed by atoms with E-state index in [2.05, 4.69) is 15.3 Å². The molecule has 2 heterocycles. The van der Waals surface area contributed by atoms with Crippen molar-refractivity contribution in [1.29, 1.82) is 0 Å². The molecular formula is C21H13F2N3OS. The minimum atomic E-state index is -0.909. The van der Waals surface area contributed by atoms with E-state index in [-0.39, 0.29) is 5.56 Å². The SMILES string of the molecule is O=C(Nc1cccc(-c2csc(-c3ccccn3)n2)c1)c1ccc(F)cc1F. The van der Waals surface area contributed by atoms with Crippen molar-refractivity contribution < 1.29 is 13.6 Å². The minimum absolute atomic E-state index is 0.224. The summed E-state index contributed by atoms with van der Waals surface area (Å²) in [6.45, 7) is 0. The minimum Gasteiger partial charge on any atom is -0.322 e. The van der Waals surface area contributed by atoms with Gasteiger partial charge >= 0.3 is 0 Å². The van der Waals surface area contributed by atoms with Gasteiger partial charge in [0.25, 0.3) is 5.91 Å². The molecule has 4 aromatic rings. The number of hydrogen-bond acceptors (Lipinski definition) is 4. The van der Waals surface area contributed by atoms with Crippen LogP contribution in [0.1, 0.15) is 10.4 Å². The first-order chi connectivity index (χ1) is 13.6. The summed E-state index contributed by atoms with van der Waals surface area (Å²) in [7, 11) is 0. The van der Waals surface area contributed by atoms with E-state index in [9.17, 15) is 13.6 Å². The number of carbonyl (C=O) groups is 1. The maximum atomic E-state index is 13.8. The second-order valence-corrected chi connectivity index (χ2v) is 6.77. The first-order valence-corrected chi connectivity index (χ1v) is 9.22. The maximum Gasteiger partial charge on any atom is 0.258 e. The molecule has 0 spiro atoms. The van der Waals surface area contributed by atoms with Crippen LogP contribution >= 0.6 is 11.3 Å². The number of amides is 1. The molecule has 1 N–H and O–H groups in total. The number of nitrogens with zero attached hydrogens (tertiary/aromatic N) is 2. The number of carbonyl (C=O) groups excluding carboxylic acids is 1. The van der Waals surface area contributed by atoms with Gasteiger partial charge < -0.3 is 5.32 Å². The van der Waals surface area contributed by atoms with E-state index >= 15 is 0 Å². The molecule has 0 radical (unpaired) electrons. The molecule has 0 aliphatic carbocycles. The Morgan fingerprint density at radius 2 is 1.86 bits per heavy atom. The number of aromatic nitrogens is 2. The average Bonchev–Trinajstić information content (AvgIpc) is 3.19. The predicted molar refractivity (Wildman–Crippen MR) is 105 cm³/mol. The normalized spacial score (nSPS) is 10.6. The monoisotopic (exact) mass is 393 g/mol. The summed E-state index contributed by atoms with van der Waals surface area (Å²) in [6, 6.07) is 15.5. The van der Waals surface area contributed by atoms with Gasteiger partial charge in [0.05, 0.1) is 17.0 Å². The lowest BCUT2D eigenvalue weighted by molar-refractivity contribution is 0.102. The molecule has 7 heteroatoms. The second-order valence-electron chi connectivity index (χ2n) is 5.91. The van der Waals surface area contributed by atoms with Crippen molar-refractivity contribution in [1.82, 2.24) is 9.97 Å². The van der Waals surface area contributed by atoms with Crippen LogP contribution in [0.15, 0.2) is 72.2 Å². The Bertz CT molecular complexity index is 1150. The Balaban J connectivity index is 1.57. The van der Waals surface area contributed by atoms with Crippen LogP contribution < -0.4 is 5.32 Å². The van der Waals surface area contributed by atoms with Crippen LogP contribution in [-0.2, 0) is 0 Å². The molecule has 0 fully saturated rings. The van der Waals surface area contributed by atoms with Gasteiger partial charge in [-0.1, -0.05) is 18.2 Å². The van der Waals surface area contributed by atoms with E-state index in [0.29, 0.717) is 11.8 Å². The van der Waals surface area contributed by atoms with E-state index < -0.39 is 17.5 Å². The molecule has 0 saturated carbocycles. The Morgan fingerprint density at radius 3 is 2.64 bits per heavy atom. The number of thiazole rings is 1. The van der Waals surface area contributed by atoms with Crippen molar-refractivity contribution in [3.8, 4) is 22.0 Å². The number of halogens is 2. The van der Waals surface area contributed by atoms with Gasteiger partial charge in [0, 0.05) is 28.9 Å². The third-order valence-corrected chi connectivity index (χ3v) is 4.84. The Morgan fingerprint density at radius 1 is 0.964 bits per heavy atom. The molecule has 0 bridgehead atoms. The summed E-state index contributed by atoms with van der Waals surface area (Å²) < 4.78 is 26.8. The van der Waals surface area contributed by atoms with Crippen LogP contribution in [0, 0.1) is 11.6 Å². The highest BCUT2D eigenvalue weighted by Crippen LogP contribution is 2.29. The maximum absolute atomic E-state index is 13.8. The van der Waals surface area contributed by atoms with Gasteiger partial charge in [-0.25, -0.2) is 13.8 Å². The topological polar surface area (TPSA) is 54.9 Å². The summed E-state index contributed by atoms with van der Waals surface area (Å²) in [4.78, 5) is 21.2. The standard InChI is InChI=1S/C21H13F2N3OS/c22-14-7-8-16(17(23)11-14)20(27)25-15-5-3-4-13(10-15)19-12-28-21(26-19)18-6-1-2-9-24-18/h1-12H,(H,25,27). The number of pyridine rings is 1. The van der Waals surface area contributed by atoms with Gasteiger partial charge in [0.15, 0.2) is 0 Å². The van der Waals surface area contributed by atoms with E-state index in [0.717, 1.165) is 34.1 Å². The molecule has 0 aliphatic rings. The van der Waals surface area contributed by atoms with Crippen LogP contribution in [0.5, 0.6) is 0 Å². The zero-order chi connectivity index (χ0) is 19.5. The van der Waals surface area contributed by atoms with Gasteiger partial charge in [-0.2, -0.15) is 0 Å². The summed E-state index contributed by atoms with van der Waals surface area (Å²) in [5.41, 5.74) is 2.59. The largest absolute Gasteiger partial charge is 0.322 e. The predicted octanol–water partition coefficient (Wildman–Crippen LogP) is 5.40. The Hall–Kier alpha value is -3.45. The summed E-state index contributed by atoms with van der Waals surface area (Å²) in [5, 5.41) is 5.33. The molecule has 0 atom stereocenters. The Kier molecular flexibility index (Phi) is 4.90. The molecule has 4 nitrogen and oxygen atoms in total. The third-order valence-electron chi connectivity index (χ3n) is 3.98. The molecular weight excluding hydrogens is 380 g/mol. The van der Waals surface area contributed by atoms with Crippen molar-refractivity contribution in [2.45, 2.75) is 0 Å². The third kappa shape index (κ3) is 3.79. The highest BCUT2D eigenvalue weighted by Gasteiger charge is 2.14. The van der Waals surface area contributed by atoms with Crippen LogP contribution in [-0.4, -0.2) is 15.9 Å². The Labute approximate surface area is 163 Å². The van der Waals surface area contributed by atoms with Gasteiger partial charge in [0.1, 0.15) is 16.6 Å². The fourth-order valence-corrected chi connectivity index (χ4v) is 3.45. The van der Waals surface area contributed by atoms with Crippen LogP contribution in [0.2, 0.25) is 0 Å². The first kappa shape index (κ1) is 17.9. The number of anilines is 1. The number of benzene rings is 2. The highest BCUT2D eigenvalue weighted by molar-refractivity contribution is 7.13. The van der Waals surface area contributed by atoms with Crippen molar-refractivity contribution in [2.24, 2.45) is 0 Å². The molecule has 0 unspecified atom stereocenters.